The van der Waals surface area contributed by atoms with Gasteiger partial charge in [-0.2, -0.15) is 0 Å². The molecule has 7 nitrogen and oxygen atoms in total. The van der Waals surface area contributed by atoms with E-state index >= 15 is 0 Å². The molecule has 0 unspecified atom stereocenters. The number of nitrogens with one attached hydrogen (secondary N) is 1. The third-order valence-corrected chi connectivity index (χ3v) is 2.03. The van der Waals surface area contributed by atoms with Crippen LogP contribution in [0.3, 0.4) is 0 Å². The summed E-state index contributed by atoms with van der Waals surface area (Å²) >= 11 is 0. The molecule has 0 atom stereocenters. The van der Waals surface area contributed by atoms with Gasteiger partial charge in [0.05, 0.1) is 11.9 Å². The number of hydrogen-bond donors (Lipinski definition) is 2. The molecule has 17 heavy (non-hydrogen) atoms. The number of carbonyl (C=O) groups is 1. The highest BCUT2D eigenvalue weighted by Crippen LogP contribution is 2.21. The molecule has 0 spiro atoms. The number of carbonyl (C=O) groups excluding carboxylic acids is 1. The highest BCUT2D eigenvalue weighted by molar-refractivity contribution is 5.97. The highest BCUT2D eigenvalue weighted by Gasteiger charge is 2.18. The van der Waals surface area contributed by atoms with Crippen LogP contribution in [-0.4, -0.2) is 26.6 Å². The van der Waals surface area contributed by atoms with E-state index in [0.29, 0.717) is 5.69 Å². The quantitative estimate of drug-likeness (QED) is 0.596. The van der Waals surface area contributed by atoms with Gasteiger partial charge in [-0.3, -0.25) is 5.21 Å². The largest absolute Gasteiger partial charge is 0.351 e. The van der Waals surface area contributed by atoms with Crippen molar-refractivity contribution < 1.29 is 10.0 Å². The molecule has 0 fully saturated rings. The second-order valence-electron chi connectivity index (χ2n) is 3.07. The summed E-state index contributed by atoms with van der Waals surface area (Å²) in [4.78, 5) is 12.8. The van der Waals surface area contributed by atoms with Crippen LogP contribution in [0.2, 0.25) is 0 Å². The number of benzene rings is 1. The van der Waals surface area contributed by atoms with E-state index in [1.807, 2.05) is 6.07 Å². The molecular formula is C10H9N5O2. The zero-order valence-corrected chi connectivity index (χ0v) is 8.69. The maximum atomic E-state index is 11.6. The molecule has 0 aliphatic heterocycles. The van der Waals surface area contributed by atoms with Crippen molar-refractivity contribution in [1.29, 1.82) is 0 Å². The fourth-order valence-corrected chi connectivity index (χ4v) is 1.33. The molecule has 2 N–H and O–H groups in total. The molecule has 1 aromatic heterocycles. The molecule has 0 saturated heterocycles. The number of anilines is 2. The van der Waals surface area contributed by atoms with Crippen LogP contribution in [0.25, 0.3) is 0 Å². The van der Waals surface area contributed by atoms with Crippen molar-refractivity contribution >= 4 is 17.5 Å². The predicted octanol–water partition coefficient (Wildman–Crippen LogP) is 1.11. The maximum Gasteiger partial charge on any atom is 0.351 e. The van der Waals surface area contributed by atoms with Crippen LogP contribution >= 0.6 is 0 Å². The summed E-state index contributed by atoms with van der Waals surface area (Å²) in [6.45, 7) is 0. The molecule has 86 valence electrons. The van der Waals surface area contributed by atoms with Crippen LogP contribution in [0.15, 0.2) is 42.6 Å². The van der Waals surface area contributed by atoms with E-state index in [4.69, 9.17) is 5.21 Å². The van der Waals surface area contributed by atoms with Gasteiger partial charge in [-0.1, -0.05) is 18.2 Å². The highest BCUT2D eigenvalue weighted by atomic mass is 16.5. The lowest BCUT2D eigenvalue weighted by Gasteiger charge is -2.19. The number of para-hydroxylation sites is 1. The van der Waals surface area contributed by atoms with E-state index in [2.05, 4.69) is 15.4 Å². The summed E-state index contributed by atoms with van der Waals surface area (Å²) in [6.07, 6.45) is 1.41. The topological polar surface area (TPSA) is 91.2 Å². The van der Waals surface area contributed by atoms with Crippen LogP contribution in [0.5, 0.6) is 0 Å². The van der Waals surface area contributed by atoms with Gasteiger partial charge < -0.3 is 0 Å². The van der Waals surface area contributed by atoms with Gasteiger partial charge in [0.2, 0.25) is 0 Å². The minimum absolute atomic E-state index is 0.262. The van der Waals surface area contributed by atoms with Crippen molar-refractivity contribution in [3.05, 3.63) is 42.6 Å². The van der Waals surface area contributed by atoms with Gasteiger partial charge in [0.25, 0.3) is 0 Å². The Labute approximate surface area is 96.7 Å². The van der Waals surface area contributed by atoms with Crippen molar-refractivity contribution in [2.24, 2.45) is 0 Å². The number of aromatic nitrogens is 3. The number of hydrogen-bond acceptors (Lipinski definition) is 5. The van der Waals surface area contributed by atoms with Crippen molar-refractivity contribution in [2.45, 2.75) is 0 Å². The van der Waals surface area contributed by atoms with E-state index in [-0.39, 0.29) is 5.82 Å². The Morgan fingerprint density at radius 2 is 2.00 bits per heavy atom. The van der Waals surface area contributed by atoms with Crippen LogP contribution in [-0.2, 0) is 0 Å². The monoisotopic (exact) mass is 231 g/mol. The van der Waals surface area contributed by atoms with E-state index in [9.17, 15) is 4.79 Å². The smallest absolute Gasteiger partial charge is 0.287 e. The summed E-state index contributed by atoms with van der Waals surface area (Å²) in [5.41, 5.74) is 2.12. The minimum atomic E-state index is -0.725. The van der Waals surface area contributed by atoms with Crippen LogP contribution in [0.1, 0.15) is 0 Å². The first-order valence-corrected chi connectivity index (χ1v) is 4.76. The molecule has 2 amide bonds. The minimum Gasteiger partial charge on any atom is -0.287 e. The Bertz CT molecular complexity index is 451. The summed E-state index contributed by atoms with van der Waals surface area (Å²) in [7, 11) is 0. The Balaban J connectivity index is 2.43. The lowest BCUT2D eigenvalue weighted by atomic mass is 10.3. The van der Waals surface area contributed by atoms with E-state index in [1.54, 1.807) is 29.7 Å². The van der Waals surface area contributed by atoms with E-state index in [1.165, 1.54) is 17.2 Å². The third kappa shape index (κ3) is 2.34. The molecule has 0 radical (unpaired) electrons. The fourth-order valence-electron chi connectivity index (χ4n) is 1.33. The second kappa shape index (κ2) is 4.99. The molecule has 0 aliphatic rings. The average Bonchev–Trinajstić information content (AvgIpc) is 2.41. The Morgan fingerprint density at radius 3 is 2.59 bits per heavy atom. The summed E-state index contributed by atoms with van der Waals surface area (Å²) in [6, 6.07) is 9.54. The lowest BCUT2D eigenvalue weighted by Crippen LogP contribution is -2.35. The SMILES string of the molecule is O=C(NO)N(c1ccccc1)c1ccnnn1. The van der Waals surface area contributed by atoms with Gasteiger partial charge in [-0.05, 0) is 17.3 Å². The first-order valence-electron chi connectivity index (χ1n) is 4.76. The average molecular weight is 231 g/mol. The Morgan fingerprint density at radius 1 is 1.24 bits per heavy atom. The zero-order valence-electron chi connectivity index (χ0n) is 8.69. The Kier molecular flexibility index (Phi) is 3.22. The van der Waals surface area contributed by atoms with Gasteiger partial charge in [0.15, 0.2) is 5.82 Å². The van der Waals surface area contributed by atoms with Crippen molar-refractivity contribution in [3.8, 4) is 0 Å². The van der Waals surface area contributed by atoms with Crippen LogP contribution in [0.4, 0.5) is 16.3 Å². The van der Waals surface area contributed by atoms with Crippen LogP contribution in [0, 0.1) is 0 Å². The van der Waals surface area contributed by atoms with E-state index in [0.717, 1.165) is 0 Å². The molecule has 0 aliphatic carbocycles. The molecule has 0 saturated carbocycles. The standard InChI is InChI=1S/C10H9N5O2/c16-10(13-17)15(8-4-2-1-3-5-8)9-6-7-11-14-12-9/h1-7,17H,(H,13,16). The predicted molar refractivity (Wildman–Crippen MR) is 58.7 cm³/mol. The van der Waals surface area contributed by atoms with E-state index < -0.39 is 6.03 Å². The molecule has 2 aromatic rings. The van der Waals surface area contributed by atoms with Crippen LogP contribution < -0.4 is 10.4 Å². The second-order valence-corrected chi connectivity index (χ2v) is 3.07. The zero-order chi connectivity index (χ0) is 12.1. The number of amides is 2. The molecule has 1 aromatic carbocycles. The van der Waals surface area contributed by atoms with Gasteiger partial charge >= 0.3 is 6.03 Å². The van der Waals surface area contributed by atoms with Crippen molar-refractivity contribution in [2.75, 3.05) is 4.90 Å². The summed E-state index contributed by atoms with van der Waals surface area (Å²) in [5, 5.41) is 19.4. The third-order valence-electron chi connectivity index (χ3n) is 2.03. The Hall–Kier alpha value is -2.54. The van der Waals surface area contributed by atoms with Gasteiger partial charge in [0, 0.05) is 6.07 Å². The number of urea groups is 1. The van der Waals surface area contributed by atoms with Crippen molar-refractivity contribution in [1.82, 2.24) is 20.9 Å². The number of nitrogens with zero attached hydrogens (tertiary/aromatic N) is 4. The number of rotatable bonds is 2. The molecule has 1 heterocycles. The number of hydroxylamine groups is 1. The molecule has 7 heteroatoms. The van der Waals surface area contributed by atoms with Crippen molar-refractivity contribution in [3.63, 3.8) is 0 Å². The summed E-state index contributed by atoms with van der Waals surface area (Å²) < 4.78 is 0. The summed E-state index contributed by atoms with van der Waals surface area (Å²) in [5.74, 6) is 0.262. The van der Waals surface area contributed by atoms with Gasteiger partial charge in [0.1, 0.15) is 0 Å². The van der Waals surface area contributed by atoms with Gasteiger partial charge in [-0.25, -0.2) is 15.2 Å². The molecule has 2 rings (SSSR count). The van der Waals surface area contributed by atoms with Gasteiger partial charge in [-0.15, -0.1) is 10.2 Å². The molecular weight excluding hydrogens is 222 g/mol. The fraction of sp³-hybridized carbons (Fsp3) is 0. The maximum absolute atomic E-state index is 11.6. The lowest BCUT2D eigenvalue weighted by molar-refractivity contribution is 0.168. The first-order chi connectivity index (χ1) is 8.33. The molecule has 0 bridgehead atoms. The first kappa shape index (κ1) is 11.0. The normalized spacial score (nSPS) is 9.71.